The van der Waals surface area contributed by atoms with Gasteiger partial charge in [-0.05, 0) is 28.7 Å². The maximum absolute atomic E-state index is 12.2. The molecular weight excluding hydrogens is 304 g/mol. The fourth-order valence-electron chi connectivity index (χ4n) is 2.85. The molecule has 3 rings (SSSR count). The second-order valence-electron chi connectivity index (χ2n) is 5.88. The molecule has 5 nitrogen and oxygen atoms in total. The second-order valence-corrected chi connectivity index (χ2v) is 5.88. The number of amides is 2. The Morgan fingerprint density at radius 3 is 2.67 bits per heavy atom. The fraction of sp³-hybridized carbons (Fsp3) is 0.316. The molecule has 0 spiro atoms. The average molecular weight is 326 g/mol. The molecule has 2 aromatic carbocycles. The van der Waals surface area contributed by atoms with Crippen LogP contribution in [0.1, 0.15) is 28.3 Å². The van der Waals surface area contributed by atoms with Crippen molar-refractivity contribution in [1.82, 2.24) is 10.6 Å². The number of rotatable bonds is 5. The van der Waals surface area contributed by atoms with E-state index in [0.29, 0.717) is 26.2 Å². The molecule has 24 heavy (non-hydrogen) atoms. The number of urea groups is 1. The minimum absolute atomic E-state index is 0.123. The van der Waals surface area contributed by atoms with E-state index >= 15 is 0 Å². The summed E-state index contributed by atoms with van der Waals surface area (Å²) in [5.74, 6) is 0. The molecule has 0 saturated carbocycles. The summed E-state index contributed by atoms with van der Waals surface area (Å²) in [5.41, 5.74) is 4.34. The van der Waals surface area contributed by atoms with E-state index in [1.165, 1.54) is 0 Å². The third-order valence-corrected chi connectivity index (χ3v) is 4.15. The number of hydrogen-bond acceptors (Lipinski definition) is 3. The van der Waals surface area contributed by atoms with E-state index < -0.39 is 0 Å². The number of fused-ring (bicyclic) bond motifs is 1. The van der Waals surface area contributed by atoms with Gasteiger partial charge in [0.15, 0.2) is 0 Å². The highest BCUT2D eigenvalue weighted by atomic mass is 16.5. The number of carbonyl (C=O) groups excluding carboxylic acids is 1. The van der Waals surface area contributed by atoms with E-state index in [2.05, 4.69) is 10.6 Å². The minimum Gasteiger partial charge on any atom is -0.396 e. The highest BCUT2D eigenvalue weighted by Gasteiger charge is 2.21. The zero-order chi connectivity index (χ0) is 16.8. The maximum Gasteiger partial charge on any atom is 0.315 e. The molecule has 2 aromatic rings. The Hall–Kier alpha value is -2.37. The van der Waals surface area contributed by atoms with Crippen LogP contribution in [0.2, 0.25) is 0 Å². The highest BCUT2D eigenvalue weighted by Crippen LogP contribution is 2.24. The van der Waals surface area contributed by atoms with Gasteiger partial charge < -0.3 is 20.5 Å². The molecule has 0 aliphatic carbocycles. The van der Waals surface area contributed by atoms with Gasteiger partial charge >= 0.3 is 6.03 Å². The lowest BCUT2D eigenvalue weighted by Crippen LogP contribution is -2.40. The van der Waals surface area contributed by atoms with E-state index in [1.54, 1.807) is 0 Å². The molecule has 126 valence electrons. The van der Waals surface area contributed by atoms with Crippen LogP contribution in [0.15, 0.2) is 48.5 Å². The number of carbonyl (C=O) groups is 1. The van der Waals surface area contributed by atoms with Crippen LogP contribution in [0.5, 0.6) is 0 Å². The second kappa shape index (κ2) is 7.95. The first-order valence-electron chi connectivity index (χ1n) is 8.15. The van der Waals surface area contributed by atoms with Crippen molar-refractivity contribution in [3.63, 3.8) is 0 Å². The predicted octanol–water partition coefficient (Wildman–Crippen LogP) is 2.29. The number of aliphatic hydroxyl groups excluding tert-OH is 1. The molecule has 0 bridgehead atoms. The molecular formula is C19H22N2O3. The van der Waals surface area contributed by atoms with Crippen molar-refractivity contribution in [2.45, 2.75) is 25.6 Å². The Labute approximate surface area is 141 Å². The van der Waals surface area contributed by atoms with Gasteiger partial charge in [-0.1, -0.05) is 48.5 Å². The third-order valence-electron chi connectivity index (χ3n) is 4.15. The number of nitrogens with one attached hydrogen (secondary N) is 2. The van der Waals surface area contributed by atoms with Crippen molar-refractivity contribution in [3.05, 3.63) is 70.8 Å². The Morgan fingerprint density at radius 2 is 1.88 bits per heavy atom. The number of benzene rings is 2. The zero-order valence-electron chi connectivity index (χ0n) is 13.5. The van der Waals surface area contributed by atoms with Crippen molar-refractivity contribution < 1.29 is 14.6 Å². The largest absolute Gasteiger partial charge is 0.396 e. The standard InChI is InChI=1S/C19H22N2O3/c22-10-9-14-5-7-15(8-6-14)11-20-19(23)21-18-13-24-12-16-3-1-2-4-17(16)18/h1-8,18,22H,9-13H2,(H2,20,21,23). The molecule has 0 aromatic heterocycles. The van der Waals surface area contributed by atoms with Gasteiger partial charge in [0.1, 0.15) is 0 Å². The summed E-state index contributed by atoms with van der Waals surface area (Å²) in [6.07, 6.45) is 0.648. The van der Waals surface area contributed by atoms with Gasteiger partial charge in [-0.3, -0.25) is 0 Å². The number of aliphatic hydroxyl groups is 1. The summed E-state index contributed by atoms with van der Waals surface area (Å²) in [6, 6.07) is 15.5. The monoisotopic (exact) mass is 326 g/mol. The van der Waals surface area contributed by atoms with Crippen molar-refractivity contribution in [3.8, 4) is 0 Å². The first-order chi connectivity index (χ1) is 11.8. The van der Waals surface area contributed by atoms with Crippen LogP contribution in [0, 0.1) is 0 Å². The molecule has 0 saturated heterocycles. The van der Waals surface area contributed by atoms with Gasteiger partial charge in [0.25, 0.3) is 0 Å². The molecule has 0 fully saturated rings. The van der Waals surface area contributed by atoms with Crippen LogP contribution in [0.3, 0.4) is 0 Å². The Morgan fingerprint density at radius 1 is 1.12 bits per heavy atom. The third kappa shape index (κ3) is 4.13. The molecule has 1 heterocycles. The summed E-state index contributed by atoms with van der Waals surface area (Å²) in [4.78, 5) is 12.2. The molecule has 5 heteroatoms. The van der Waals surface area contributed by atoms with Crippen LogP contribution < -0.4 is 10.6 Å². The maximum atomic E-state index is 12.2. The fourth-order valence-corrected chi connectivity index (χ4v) is 2.85. The normalized spacial score (nSPS) is 16.3. The van der Waals surface area contributed by atoms with E-state index in [1.807, 2.05) is 48.5 Å². The molecule has 1 atom stereocenters. The molecule has 1 unspecified atom stereocenters. The Balaban J connectivity index is 1.53. The zero-order valence-corrected chi connectivity index (χ0v) is 13.5. The van der Waals surface area contributed by atoms with Gasteiger partial charge in [0.05, 0.1) is 19.3 Å². The van der Waals surface area contributed by atoms with Crippen LogP contribution in [-0.4, -0.2) is 24.4 Å². The van der Waals surface area contributed by atoms with Gasteiger partial charge in [-0.25, -0.2) is 4.79 Å². The predicted molar refractivity (Wildman–Crippen MR) is 91.4 cm³/mol. The Kier molecular flexibility index (Phi) is 5.46. The lowest BCUT2D eigenvalue weighted by Gasteiger charge is -2.26. The van der Waals surface area contributed by atoms with Crippen molar-refractivity contribution in [2.75, 3.05) is 13.2 Å². The Bertz CT molecular complexity index is 685. The van der Waals surface area contributed by atoms with Crippen LogP contribution >= 0.6 is 0 Å². The van der Waals surface area contributed by atoms with E-state index in [0.717, 1.165) is 22.3 Å². The lowest BCUT2D eigenvalue weighted by molar-refractivity contribution is 0.0843. The summed E-state index contributed by atoms with van der Waals surface area (Å²) in [7, 11) is 0. The molecule has 3 N–H and O–H groups in total. The van der Waals surface area contributed by atoms with Gasteiger partial charge in [-0.2, -0.15) is 0 Å². The van der Waals surface area contributed by atoms with E-state index in [-0.39, 0.29) is 18.7 Å². The molecule has 0 radical (unpaired) electrons. The smallest absolute Gasteiger partial charge is 0.315 e. The highest BCUT2D eigenvalue weighted by molar-refractivity contribution is 5.74. The van der Waals surface area contributed by atoms with E-state index in [4.69, 9.17) is 9.84 Å². The first kappa shape index (κ1) is 16.5. The van der Waals surface area contributed by atoms with Crippen LogP contribution in [0.4, 0.5) is 4.79 Å². The SMILES string of the molecule is O=C(NCc1ccc(CCO)cc1)NC1COCc2ccccc21. The van der Waals surface area contributed by atoms with Gasteiger partial charge in [-0.15, -0.1) is 0 Å². The van der Waals surface area contributed by atoms with Crippen molar-refractivity contribution in [2.24, 2.45) is 0 Å². The summed E-state index contributed by atoms with van der Waals surface area (Å²) >= 11 is 0. The average Bonchev–Trinajstić information content (AvgIpc) is 2.62. The molecule has 1 aliphatic rings. The van der Waals surface area contributed by atoms with Crippen molar-refractivity contribution >= 4 is 6.03 Å². The van der Waals surface area contributed by atoms with E-state index in [9.17, 15) is 4.79 Å². The summed E-state index contributed by atoms with van der Waals surface area (Å²) in [6.45, 7) is 1.68. The lowest BCUT2D eigenvalue weighted by atomic mass is 9.99. The topological polar surface area (TPSA) is 70.6 Å². The summed E-state index contributed by atoms with van der Waals surface area (Å²) in [5, 5.41) is 14.8. The number of ether oxygens (including phenoxy) is 1. The van der Waals surface area contributed by atoms with Gasteiger partial charge in [0.2, 0.25) is 0 Å². The minimum atomic E-state index is -0.209. The van der Waals surface area contributed by atoms with Crippen LogP contribution in [-0.2, 0) is 24.3 Å². The summed E-state index contributed by atoms with van der Waals surface area (Å²) < 4.78 is 5.55. The molecule has 1 aliphatic heterocycles. The van der Waals surface area contributed by atoms with Crippen LogP contribution in [0.25, 0.3) is 0 Å². The van der Waals surface area contributed by atoms with Gasteiger partial charge in [0, 0.05) is 13.2 Å². The quantitative estimate of drug-likeness (QED) is 0.789. The first-order valence-corrected chi connectivity index (χ1v) is 8.15. The van der Waals surface area contributed by atoms with Crippen molar-refractivity contribution in [1.29, 1.82) is 0 Å². The number of hydrogen-bond donors (Lipinski definition) is 3. The molecule has 2 amide bonds.